The number of amides is 1. The van der Waals surface area contributed by atoms with Crippen molar-refractivity contribution < 1.29 is 4.79 Å². The van der Waals surface area contributed by atoms with Gasteiger partial charge >= 0.3 is 0 Å². The monoisotopic (exact) mass is 417 g/mol. The summed E-state index contributed by atoms with van der Waals surface area (Å²) in [5, 5.41) is 0.588. The average molecular weight is 418 g/mol. The van der Waals surface area contributed by atoms with Crippen LogP contribution in [0.5, 0.6) is 0 Å². The summed E-state index contributed by atoms with van der Waals surface area (Å²) in [5.41, 5.74) is 1.67. The van der Waals surface area contributed by atoms with Crippen molar-refractivity contribution in [3.8, 4) is 0 Å². The van der Waals surface area contributed by atoms with E-state index < -0.39 is 0 Å². The van der Waals surface area contributed by atoms with Gasteiger partial charge < -0.3 is 4.90 Å². The Morgan fingerprint density at radius 3 is 2.40 bits per heavy atom. The topological polar surface area (TPSA) is 55.2 Å². The Morgan fingerprint density at radius 2 is 1.73 bits per heavy atom. The number of anilines is 1. The van der Waals surface area contributed by atoms with E-state index in [1.807, 2.05) is 66.7 Å². The number of hydrogen-bond donors (Lipinski definition) is 0. The molecular formula is C24H23N3O2S. The molecule has 0 aliphatic carbocycles. The molecule has 0 saturated heterocycles. The number of aromatic nitrogens is 2. The summed E-state index contributed by atoms with van der Waals surface area (Å²) >= 11 is 1.54. The van der Waals surface area contributed by atoms with Crippen LogP contribution in [0.15, 0.2) is 71.5 Å². The summed E-state index contributed by atoms with van der Waals surface area (Å²) < 4.78 is 1.48. The average Bonchev–Trinajstić information content (AvgIpc) is 3.19. The molecule has 152 valence electrons. The Kier molecular flexibility index (Phi) is 5.77. The fourth-order valence-electron chi connectivity index (χ4n) is 3.45. The maximum atomic E-state index is 13.4. The van der Waals surface area contributed by atoms with Crippen molar-refractivity contribution in [3.63, 3.8) is 0 Å². The number of carbonyl (C=O) groups is 1. The molecule has 5 nitrogen and oxygen atoms in total. The fraction of sp³-hybridized carbons (Fsp3) is 0.208. The first-order chi connectivity index (χ1) is 14.6. The fourth-order valence-corrected chi connectivity index (χ4v) is 4.45. The number of hydrogen-bond acceptors (Lipinski definition) is 4. The van der Waals surface area contributed by atoms with Gasteiger partial charge in [0.1, 0.15) is 17.2 Å². The van der Waals surface area contributed by atoms with Crippen LogP contribution in [-0.2, 0) is 24.3 Å². The van der Waals surface area contributed by atoms with Gasteiger partial charge in [-0.2, -0.15) is 0 Å². The maximum Gasteiger partial charge on any atom is 0.262 e. The van der Waals surface area contributed by atoms with Gasteiger partial charge in [0.25, 0.3) is 5.56 Å². The van der Waals surface area contributed by atoms with Crippen molar-refractivity contribution >= 4 is 33.1 Å². The molecule has 0 N–H and O–H groups in total. The van der Waals surface area contributed by atoms with E-state index in [1.165, 1.54) is 15.9 Å². The summed E-state index contributed by atoms with van der Waals surface area (Å²) in [6.07, 6.45) is 0.858. The summed E-state index contributed by atoms with van der Waals surface area (Å²) in [7, 11) is 0. The first-order valence-corrected chi connectivity index (χ1v) is 10.8. The smallest absolute Gasteiger partial charge is 0.262 e. The van der Waals surface area contributed by atoms with Crippen molar-refractivity contribution in [1.82, 2.24) is 9.55 Å². The lowest BCUT2D eigenvalue weighted by Gasteiger charge is -2.24. The van der Waals surface area contributed by atoms with E-state index in [0.29, 0.717) is 17.8 Å². The van der Waals surface area contributed by atoms with Crippen LogP contribution in [0.2, 0.25) is 0 Å². The number of fused-ring (bicyclic) bond motifs is 1. The highest BCUT2D eigenvalue weighted by molar-refractivity contribution is 7.18. The number of thiophene rings is 1. The molecule has 0 saturated carbocycles. The predicted molar refractivity (Wildman–Crippen MR) is 122 cm³/mol. The first-order valence-electron chi connectivity index (χ1n) is 9.96. The second-order valence-electron chi connectivity index (χ2n) is 7.14. The van der Waals surface area contributed by atoms with Gasteiger partial charge in [-0.15, -0.1) is 11.3 Å². The number of carbonyl (C=O) groups excluding carboxylic acids is 1. The molecule has 30 heavy (non-hydrogen) atoms. The first kappa shape index (κ1) is 20.0. The van der Waals surface area contributed by atoms with Crippen molar-refractivity contribution in [2.75, 3.05) is 4.90 Å². The molecule has 0 aliphatic heterocycles. The van der Waals surface area contributed by atoms with Gasteiger partial charge in [-0.3, -0.25) is 14.2 Å². The highest BCUT2D eigenvalue weighted by Gasteiger charge is 2.20. The number of para-hydroxylation sites is 1. The quantitative estimate of drug-likeness (QED) is 0.462. The molecule has 2 heterocycles. The van der Waals surface area contributed by atoms with Crippen LogP contribution >= 0.6 is 11.3 Å². The second-order valence-corrected chi connectivity index (χ2v) is 8.25. The lowest BCUT2D eigenvalue weighted by molar-refractivity contribution is -0.119. The minimum atomic E-state index is -0.158. The van der Waals surface area contributed by atoms with E-state index in [-0.39, 0.29) is 18.0 Å². The Labute approximate surface area is 179 Å². The van der Waals surface area contributed by atoms with Crippen molar-refractivity contribution in [2.24, 2.45) is 0 Å². The largest absolute Gasteiger partial charge is 0.306 e. The molecule has 0 radical (unpaired) electrons. The van der Waals surface area contributed by atoms with Crippen molar-refractivity contribution in [2.45, 2.75) is 33.4 Å². The van der Waals surface area contributed by atoms with Crippen LogP contribution < -0.4 is 10.5 Å². The molecule has 0 fully saturated rings. The van der Waals surface area contributed by atoms with Gasteiger partial charge in [-0.1, -0.05) is 55.5 Å². The molecule has 4 rings (SSSR count). The summed E-state index contributed by atoms with van der Waals surface area (Å²) in [6, 6.07) is 21.3. The zero-order valence-corrected chi connectivity index (χ0v) is 17.9. The SMILES string of the molecule is CCc1cc2c(=O)n(CC(=O)N(Cc3ccccc3)c3ccccc3)c(C)nc2s1. The van der Waals surface area contributed by atoms with Gasteiger partial charge in [0, 0.05) is 10.6 Å². The highest BCUT2D eigenvalue weighted by Crippen LogP contribution is 2.22. The van der Waals surface area contributed by atoms with Crippen LogP contribution in [0.1, 0.15) is 23.2 Å². The number of aryl methyl sites for hydroxylation is 2. The van der Waals surface area contributed by atoms with Gasteiger partial charge in [-0.25, -0.2) is 4.98 Å². The number of nitrogens with zero attached hydrogens (tertiary/aromatic N) is 3. The Hall–Kier alpha value is -3.25. The third kappa shape index (κ3) is 4.04. The summed E-state index contributed by atoms with van der Waals surface area (Å²) in [6.45, 7) is 4.22. The third-order valence-electron chi connectivity index (χ3n) is 5.09. The molecule has 0 atom stereocenters. The molecule has 0 unspecified atom stereocenters. The summed E-state index contributed by atoms with van der Waals surface area (Å²) in [4.78, 5) is 34.6. The molecule has 0 spiro atoms. The van der Waals surface area contributed by atoms with Crippen LogP contribution in [0.4, 0.5) is 5.69 Å². The normalized spacial score (nSPS) is 11.0. The highest BCUT2D eigenvalue weighted by atomic mass is 32.1. The molecule has 4 aromatic rings. The molecule has 0 bridgehead atoms. The van der Waals surface area contributed by atoms with Crippen LogP contribution in [0, 0.1) is 6.92 Å². The van der Waals surface area contributed by atoms with Crippen LogP contribution in [0.25, 0.3) is 10.2 Å². The predicted octanol–water partition coefficient (Wildman–Crippen LogP) is 4.56. The van der Waals surface area contributed by atoms with E-state index in [2.05, 4.69) is 11.9 Å². The second kappa shape index (κ2) is 8.63. The number of rotatable bonds is 6. The van der Waals surface area contributed by atoms with Gasteiger partial charge in [0.05, 0.1) is 11.9 Å². The molecular weight excluding hydrogens is 394 g/mol. The van der Waals surface area contributed by atoms with Gasteiger partial charge in [-0.05, 0) is 37.1 Å². The Balaban J connectivity index is 1.69. The van der Waals surface area contributed by atoms with E-state index in [4.69, 9.17) is 0 Å². The van der Waals surface area contributed by atoms with E-state index in [0.717, 1.165) is 27.4 Å². The standard InChI is InChI=1S/C24H23N3O2S/c1-3-20-14-21-23(30-20)25-17(2)26(24(21)29)16-22(28)27(19-12-8-5-9-13-19)15-18-10-6-4-7-11-18/h4-14H,3,15-16H2,1-2H3. The lowest BCUT2D eigenvalue weighted by Crippen LogP contribution is -2.37. The third-order valence-corrected chi connectivity index (χ3v) is 6.26. The van der Waals surface area contributed by atoms with Gasteiger partial charge in [0.15, 0.2) is 0 Å². The van der Waals surface area contributed by atoms with E-state index >= 15 is 0 Å². The van der Waals surface area contributed by atoms with E-state index in [1.54, 1.807) is 11.8 Å². The lowest BCUT2D eigenvalue weighted by atomic mass is 10.2. The molecule has 6 heteroatoms. The minimum Gasteiger partial charge on any atom is -0.306 e. The zero-order valence-electron chi connectivity index (χ0n) is 17.0. The Bertz CT molecular complexity index is 1230. The molecule has 2 aromatic heterocycles. The maximum absolute atomic E-state index is 13.4. The Morgan fingerprint density at radius 1 is 1.07 bits per heavy atom. The molecule has 0 aliphatic rings. The van der Waals surface area contributed by atoms with Crippen LogP contribution in [0.3, 0.4) is 0 Å². The zero-order chi connectivity index (χ0) is 21.1. The van der Waals surface area contributed by atoms with Crippen molar-refractivity contribution in [3.05, 3.63) is 93.3 Å². The van der Waals surface area contributed by atoms with E-state index in [9.17, 15) is 9.59 Å². The molecule has 2 aromatic carbocycles. The van der Waals surface area contributed by atoms with Gasteiger partial charge in [0.2, 0.25) is 5.91 Å². The summed E-state index contributed by atoms with van der Waals surface area (Å²) in [5.74, 6) is 0.403. The minimum absolute atomic E-state index is 0.0490. The number of benzene rings is 2. The van der Waals surface area contributed by atoms with Crippen molar-refractivity contribution in [1.29, 1.82) is 0 Å². The van der Waals surface area contributed by atoms with Crippen LogP contribution in [-0.4, -0.2) is 15.5 Å². The molecule has 1 amide bonds.